The van der Waals surface area contributed by atoms with Gasteiger partial charge >= 0.3 is 0 Å². The Morgan fingerprint density at radius 2 is 2.21 bits per heavy atom. The lowest BCUT2D eigenvalue weighted by Gasteiger charge is -2.31. The highest BCUT2D eigenvalue weighted by molar-refractivity contribution is 5.97. The molecule has 1 fully saturated rings. The first-order valence-electron chi connectivity index (χ1n) is 6.99. The van der Waals surface area contributed by atoms with Crippen LogP contribution in [-0.2, 0) is 4.79 Å². The fourth-order valence-corrected chi connectivity index (χ4v) is 2.39. The zero-order valence-corrected chi connectivity index (χ0v) is 11.3. The van der Waals surface area contributed by atoms with Crippen LogP contribution in [0.2, 0.25) is 0 Å². The van der Waals surface area contributed by atoms with E-state index < -0.39 is 0 Å². The number of ether oxygens (including phenoxy) is 1. The van der Waals surface area contributed by atoms with Crippen LogP contribution in [0.15, 0.2) is 24.3 Å². The van der Waals surface area contributed by atoms with Gasteiger partial charge < -0.3 is 15.0 Å². The van der Waals surface area contributed by atoms with Crippen LogP contribution < -0.4 is 15.0 Å². The van der Waals surface area contributed by atoms with Crippen LogP contribution in [0.3, 0.4) is 0 Å². The fourth-order valence-electron chi connectivity index (χ4n) is 2.39. The van der Waals surface area contributed by atoms with Gasteiger partial charge in [0.25, 0.3) is 5.91 Å². The van der Waals surface area contributed by atoms with Crippen molar-refractivity contribution in [2.75, 3.05) is 24.6 Å². The van der Waals surface area contributed by atoms with E-state index in [4.69, 9.17) is 4.74 Å². The van der Waals surface area contributed by atoms with Crippen LogP contribution >= 0.6 is 0 Å². The number of hydrogen-bond donors (Lipinski definition) is 1. The van der Waals surface area contributed by atoms with Crippen molar-refractivity contribution in [3.05, 3.63) is 24.3 Å². The topological polar surface area (TPSA) is 41.6 Å². The number of fused-ring (bicyclic) bond motifs is 1. The van der Waals surface area contributed by atoms with Crippen LogP contribution in [0, 0.1) is 5.92 Å². The molecule has 1 amide bonds. The molecule has 1 unspecified atom stereocenters. The molecule has 0 bridgehead atoms. The van der Waals surface area contributed by atoms with Crippen LogP contribution in [0.25, 0.3) is 0 Å². The molecule has 1 saturated carbocycles. The zero-order chi connectivity index (χ0) is 13.2. The number of para-hydroxylation sites is 2. The van der Waals surface area contributed by atoms with Crippen LogP contribution in [0.1, 0.15) is 19.8 Å². The molecule has 0 aromatic heterocycles. The predicted octanol–water partition coefficient (Wildman–Crippen LogP) is 1.80. The number of hydrogen-bond acceptors (Lipinski definition) is 3. The molecular formula is C15H20N2O2. The highest BCUT2D eigenvalue weighted by Crippen LogP contribution is 2.31. The van der Waals surface area contributed by atoms with E-state index in [-0.39, 0.29) is 12.5 Å². The lowest BCUT2D eigenvalue weighted by Crippen LogP contribution is -2.43. The second-order valence-electron chi connectivity index (χ2n) is 5.55. The van der Waals surface area contributed by atoms with Crippen molar-refractivity contribution in [3.63, 3.8) is 0 Å². The number of nitrogens with one attached hydrogen (secondary N) is 1. The molecule has 1 atom stereocenters. The third kappa shape index (κ3) is 2.89. The maximum absolute atomic E-state index is 12.0. The first-order chi connectivity index (χ1) is 9.24. The van der Waals surface area contributed by atoms with Crippen LogP contribution in [-0.4, -0.2) is 31.6 Å². The van der Waals surface area contributed by atoms with E-state index in [1.165, 1.54) is 12.8 Å². The smallest absolute Gasteiger partial charge is 0.265 e. The highest BCUT2D eigenvalue weighted by Gasteiger charge is 2.27. The van der Waals surface area contributed by atoms with Gasteiger partial charge in [-0.2, -0.15) is 0 Å². The summed E-state index contributed by atoms with van der Waals surface area (Å²) in [6.45, 7) is 4.05. The van der Waals surface area contributed by atoms with E-state index in [9.17, 15) is 4.79 Å². The molecule has 3 rings (SSSR count). The minimum atomic E-state index is 0.0528. The number of rotatable bonds is 5. The van der Waals surface area contributed by atoms with Crippen molar-refractivity contribution in [1.82, 2.24) is 5.32 Å². The summed E-state index contributed by atoms with van der Waals surface area (Å²) in [6, 6.07) is 8.47. The quantitative estimate of drug-likeness (QED) is 0.877. The molecule has 1 aromatic carbocycles. The molecule has 1 N–H and O–H groups in total. The van der Waals surface area contributed by atoms with Gasteiger partial charge in [-0.15, -0.1) is 0 Å². The number of amides is 1. The summed E-state index contributed by atoms with van der Waals surface area (Å²) in [5.74, 6) is 1.30. The van der Waals surface area contributed by atoms with Gasteiger partial charge in [-0.1, -0.05) is 19.1 Å². The number of carbonyl (C=O) groups is 1. The third-order valence-corrected chi connectivity index (χ3v) is 3.63. The molecule has 1 aliphatic heterocycles. The van der Waals surface area contributed by atoms with Crippen LogP contribution in [0.5, 0.6) is 5.75 Å². The van der Waals surface area contributed by atoms with Crippen molar-refractivity contribution < 1.29 is 9.53 Å². The average Bonchev–Trinajstić information content (AvgIpc) is 3.24. The van der Waals surface area contributed by atoms with E-state index in [1.54, 1.807) is 0 Å². The Morgan fingerprint density at radius 3 is 3.00 bits per heavy atom. The molecule has 2 aliphatic rings. The Bertz CT molecular complexity index is 471. The number of carbonyl (C=O) groups excluding carboxylic acids is 1. The van der Waals surface area contributed by atoms with Crippen molar-refractivity contribution in [2.24, 2.45) is 5.92 Å². The van der Waals surface area contributed by atoms with Gasteiger partial charge in [0.05, 0.1) is 5.69 Å². The Hall–Kier alpha value is -1.55. The number of anilines is 1. The standard InChI is InChI=1S/C15H20N2O2/c1-11(8-16-12-6-7-12)9-17-13-4-2-3-5-14(13)19-10-15(17)18/h2-5,11-12,16H,6-10H2,1H3. The molecule has 102 valence electrons. The van der Waals surface area contributed by atoms with Gasteiger partial charge in [-0.05, 0) is 37.4 Å². The van der Waals surface area contributed by atoms with Gasteiger partial charge in [0, 0.05) is 12.6 Å². The maximum atomic E-state index is 12.0. The van der Waals surface area contributed by atoms with Gasteiger partial charge in [0.1, 0.15) is 5.75 Å². The Morgan fingerprint density at radius 1 is 1.42 bits per heavy atom. The Kier molecular flexibility index (Phi) is 3.42. The molecule has 4 nitrogen and oxygen atoms in total. The first-order valence-corrected chi connectivity index (χ1v) is 6.99. The molecule has 1 heterocycles. The fraction of sp³-hybridized carbons (Fsp3) is 0.533. The summed E-state index contributed by atoms with van der Waals surface area (Å²) in [5, 5.41) is 3.52. The molecule has 4 heteroatoms. The summed E-state index contributed by atoms with van der Waals surface area (Å²) < 4.78 is 5.45. The Balaban J connectivity index is 1.66. The average molecular weight is 260 g/mol. The van der Waals surface area contributed by atoms with Crippen molar-refractivity contribution in [2.45, 2.75) is 25.8 Å². The van der Waals surface area contributed by atoms with Gasteiger partial charge in [-0.25, -0.2) is 0 Å². The maximum Gasteiger partial charge on any atom is 0.265 e. The van der Waals surface area contributed by atoms with Crippen molar-refractivity contribution in [1.29, 1.82) is 0 Å². The van der Waals surface area contributed by atoms with Gasteiger partial charge in [-0.3, -0.25) is 4.79 Å². The lowest BCUT2D eigenvalue weighted by molar-refractivity contribution is -0.121. The monoisotopic (exact) mass is 260 g/mol. The molecule has 0 radical (unpaired) electrons. The van der Waals surface area contributed by atoms with E-state index in [2.05, 4.69) is 12.2 Å². The van der Waals surface area contributed by atoms with E-state index in [0.717, 1.165) is 30.6 Å². The lowest BCUT2D eigenvalue weighted by atomic mass is 10.1. The third-order valence-electron chi connectivity index (χ3n) is 3.63. The summed E-state index contributed by atoms with van der Waals surface area (Å²) in [6.07, 6.45) is 2.60. The van der Waals surface area contributed by atoms with Gasteiger partial charge in [0.2, 0.25) is 0 Å². The minimum Gasteiger partial charge on any atom is -0.482 e. The largest absolute Gasteiger partial charge is 0.482 e. The number of benzene rings is 1. The molecule has 1 aromatic rings. The molecule has 19 heavy (non-hydrogen) atoms. The molecule has 1 aliphatic carbocycles. The van der Waals surface area contributed by atoms with E-state index >= 15 is 0 Å². The van der Waals surface area contributed by atoms with E-state index in [0.29, 0.717) is 5.92 Å². The van der Waals surface area contributed by atoms with Crippen molar-refractivity contribution >= 4 is 11.6 Å². The minimum absolute atomic E-state index is 0.0528. The summed E-state index contributed by atoms with van der Waals surface area (Å²) >= 11 is 0. The highest BCUT2D eigenvalue weighted by atomic mass is 16.5. The number of nitrogens with zero attached hydrogens (tertiary/aromatic N) is 1. The molecular weight excluding hydrogens is 240 g/mol. The zero-order valence-electron chi connectivity index (χ0n) is 11.3. The first kappa shape index (κ1) is 12.5. The summed E-state index contributed by atoms with van der Waals surface area (Å²) in [5.41, 5.74) is 0.900. The van der Waals surface area contributed by atoms with Gasteiger partial charge in [0.15, 0.2) is 6.61 Å². The predicted molar refractivity (Wildman–Crippen MR) is 74.5 cm³/mol. The molecule has 0 saturated heterocycles. The van der Waals surface area contributed by atoms with Crippen molar-refractivity contribution in [3.8, 4) is 5.75 Å². The van der Waals surface area contributed by atoms with E-state index in [1.807, 2.05) is 29.2 Å². The summed E-state index contributed by atoms with van der Waals surface area (Å²) in [4.78, 5) is 13.9. The SMILES string of the molecule is CC(CNC1CC1)CN1C(=O)COc2ccccc21. The molecule has 0 spiro atoms. The van der Waals surface area contributed by atoms with Crippen LogP contribution in [0.4, 0.5) is 5.69 Å². The normalized spacial score (nSPS) is 19.8. The summed E-state index contributed by atoms with van der Waals surface area (Å²) in [7, 11) is 0. The second kappa shape index (κ2) is 5.21. The Labute approximate surface area is 113 Å². The second-order valence-corrected chi connectivity index (χ2v) is 5.55.